The summed E-state index contributed by atoms with van der Waals surface area (Å²) in [5, 5.41) is 2.83. The van der Waals surface area contributed by atoms with Gasteiger partial charge in [-0.3, -0.25) is 9.59 Å². The Morgan fingerprint density at radius 2 is 1.87 bits per heavy atom. The van der Waals surface area contributed by atoms with Crippen molar-refractivity contribution in [3.05, 3.63) is 16.6 Å². The Kier molecular flexibility index (Phi) is 10.0. The molecule has 2 rings (SSSR count). The van der Waals surface area contributed by atoms with Crippen LogP contribution in [0.15, 0.2) is 11.6 Å². The largest absolute Gasteiger partial charge is 0.334 e. The van der Waals surface area contributed by atoms with Crippen LogP contribution in [-0.2, 0) is 9.59 Å². The van der Waals surface area contributed by atoms with Gasteiger partial charge >= 0.3 is 0 Å². The van der Waals surface area contributed by atoms with Crippen LogP contribution in [0.5, 0.6) is 0 Å². The Hall–Kier alpha value is -0.270. The molecule has 1 saturated heterocycles. The van der Waals surface area contributed by atoms with Gasteiger partial charge in [-0.2, -0.15) is 0 Å². The van der Waals surface area contributed by atoms with Gasteiger partial charge in [0.05, 0.1) is 6.04 Å². The van der Waals surface area contributed by atoms with Crippen molar-refractivity contribution in [2.75, 3.05) is 13.6 Å². The molecule has 0 spiro atoms. The highest BCUT2D eigenvalue weighted by Gasteiger charge is 2.41. The molecule has 0 aliphatic carbocycles. The van der Waals surface area contributed by atoms with Crippen molar-refractivity contribution in [3.8, 4) is 0 Å². The lowest BCUT2D eigenvalue weighted by Crippen LogP contribution is -2.50. The number of nitrogens with zero attached hydrogens (tertiary/aromatic N) is 3. The lowest BCUT2D eigenvalue weighted by atomic mass is 9.99. The quantitative estimate of drug-likeness (QED) is 0.405. The number of halogens is 4. The zero-order chi connectivity index (χ0) is 22.6. The topological polar surface area (TPSA) is 53.5 Å². The van der Waals surface area contributed by atoms with Crippen molar-refractivity contribution in [1.29, 1.82) is 0 Å². The van der Waals surface area contributed by atoms with Gasteiger partial charge < -0.3 is 9.80 Å². The van der Waals surface area contributed by atoms with Crippen LogP contribution in [0.3, 0.4) is 0 Å². The number of carbonyl (C=O) groups excluding carboxylic acids is 2. The van der Waals surface area contributed by atoms with Crippen LogP contribution in [-0.4, -0.2) is 55.9 Å². The number of amides is 2. The van der Waals surface area contributed by atoms with E-state index in [1.165, 1.54) is 4.90 Å². The minimum absolute atomic E-state index is 0.0782. The molecular formula is C20H29Cl4N3O2S. The maximum Gasteiger partial charge on any atom is 0.245 e. The van der Waals surface area contributed by atoms with E-state index in [-0.39, 0.29) is 36.1 Å². The second-order valence-corrected chi connectivity index (χ2v) is 11.6. The molecule has 1 aromatic rings. The van der Waals surface area contributed by atoms with Crippen LogP contribution in [0.4, 0.5) is 0 Å². The Morgan fingerprint density at radius 3 is 2.40 bits per heavy atom. The Balaban J connectivity index is 2.26. The molecular weight excluding hydrogens is 488 g/mol. The van der Waals surface area contributed by atoms with Crippen LogP contribution < -0.4 is 0 Å². The maximum atomic E-state index is 13.7. The summed E-state index contributed by atoms with van der Waals surface area (Å²) < 4.78 is 0. The van der Waals surface area contributed by atoms with Crippen LogP contribution in [0.25, 0.3) is 0 Å². The highest BCUT2D eigenvalue weighted by atomic mass is 35.5. The third kappa shape index (κ3) is 6.61. The van der Waals surface area contributed by atoms with Crippen molar-refractivity contribution >= 4 is 69.6 Å². The predicted molar refractivity (Wildman–Crippen MR) is 125 cm³/mol. The number of hydrogen-bond acceptors (Lipinski definition) is 4. The number of likely N-dealkylation sites (N-methyl/N-ethyl adjacent to an activating group) is 1. The molecule has 5 atom stereocenters. The fourth-order valence-corrected chi connectivity index (χ4v) is 4.82. The zero-order valence-corrected chi connectivity index (χ0v) is 21.4. The van der Waals surface area contributed by atoms with Crippen LogP contribution >= 0.6 is 57.7 Å². The summed E-state index contributed by atoms with van der Waals surface area (Å²) in [5.41, 5.74) is 0. The van der Waals surface area contributed by atoms with Gasteiger partial charge in [0.25, 0.3) is 0 Å². The second-order valence-electron chi connectivity index (χ2n) is 8.30. The first-order chi connectivity index (χ1) is 14.0. The molecule has 1 aliphatic heterocycles. The molecule has 1 fully saturated rings. The van der Waals surface area contributed by atoms with Crippen LogP contribution in [0.1, 0.15) is 51.1 Å². The van der Waals surface area contributed by atoms with E-state index in [1.807, 2.05) is 24.1 Å². The third-order valence-corrected chi connectivity index (χ3v) is 8.23. The van der Waals surface area contributed by atoms with E-state index in [0.29, 0.717) is 18.9 Å². The summed E-state index contributed by atoms with van der Waals surface area (Å²) in [6.45, 7) is 6.44. The van der Waals surface area contributed by atoms with E-state index in [2.05, 4.69) is 11.9 Å². The molecule has 0 saturated carbocycles. The van der Waals surface area contributed by atoms with Gasteiger partial charge in [-0.15, -0.1) is 57.7 Å². The fourth-order valence-electron chi connectivity index (χ4n) is 3.68. The monoisotopic (exact) mass is 515 g/mol. The molecule has 10 heteroatoms. The summed E-state index contributed by atoms with van der Waals surface area (Å²) >= 11 is 25.5. The van der Waals surface area contributed by atoms with Gasteiger partial charge in [0, 0.05) is 31.6 Å². The fraction of sp³-hybridized carbons (Fsp3) is 0.750. The standard InChI is InChI=1S/C20H29Cl4N3O2S/c1-11-7-14(19-25-5-6-30-19)27(10-11)20(29)15(8-12(2)17(21)22)26(4)16(28)9-13(3)18(23)24/h5-6,11-15,17-18H,7-10H2,1-4H3/t11-,12-,13+,14-,15-/m0/s1. The maximum absolute atomic E-state index is 13.7. The molecule has 0 bridgehead atoms. The molecule has 2 amide bonds. The molecule has 0 aromatic carbocycles. The summed E-state index contributed by atoms with van der Waals surface area (Å²) in [6, 6.07) is -0.748. The molecule has 1 aliphatic rings. The Labute approximate surface area is 203 Å². The molecule has 0 unspecified atom stereocenters. The van der Waals surface area contributed by atoms with Gasteiger partial charge in [-0.05, 0) is 30.6 Å². The van der Waals surface area contributed by atoms with E-state index < -0.39 is 15.7 Å². The zero-order valence-electron chi connectivity index (χ0n) is 17.6. The predicted octanol–water partition coefficient (Wildman–Crippen LogP) is 5.54. The SMILES string of the molecule is C[C@H]1C[C@@H](c2nccs2)N(C(=O)[C@H](C[C@H](C)C(Cl)Cl)N(C)C(=O)C[C@@H](C)C(Cl)Cl)C1. The van der Waals surface area contributed by atoms with Crippen molar-refractivity contribution < 1.29 is 9.59 Å². The highest BCUT2D eigenvalue weighted by molar-refractivity contribution is 7.09. The number of hydrogen-bond donors (Lipinski definition) is 0. The molecule has 5 nitrogen and oxygen atoms in total. The molecule has 0 radical (unpaired) electrons. The van der Waals surface area contributed by atoms with Crippen LogP contribution in [0.2, 0.25) is 0 Å². The summed E-state index contributed by atoms with van der Waals surface area (Å²) in [7, 11) is 1.65. The molecule has 30 heavy (non-hydrogen) atoms. The summed E-state index contributed by atoms with van der Waals surface area (Å²) in [4.78, 5) is 33.1. The van der Waals surface area contributed by atoms with Gasteiger partial charge in [-0.1, -0.05) is 20.8 Å². The normalized spacial score (nSPS) is 22.4. The van der Waals surface area contributed by atoms with Gasteiger partial charge in [-0.25, -0.2) is 4.98 Å². The molecule has 0 N–H and O–H groups in total. The number of carbonyl (C=O) groups is 2. The lowest BCUT2D eigenvalue weighted by molar-refractivity contribution is -0.146. The Morgan fingerprint density at radius 1 is 1.23 bits per heavy atom. The first kappa shape index (κ1) is 26.0. The number of alkyl halides is 4. The third-order valence-electron chi connectivity index (χ3n) is 5.63. The number of rotatable bonds is 9. The smallest absolute Gasteiger partial charge is 0.245 e. The van der Waals surface area contributed by atoms with Gasteiger partial charge in [0.2, 0.25) is 11.8 Å². The van der Waals surface area contributed by atoms with Crippen molar-refractivity contribution in [2.24, 2.45) is 17.8 Å². The first-order valence-electron chi connectivity index (χ1n) is 10.0. The second kappa shape index (κ2) is 11.6. The van der Waals surface area contributed by atoms with Crippen LogP contribution in [0, 0.1) is 17.8 Å². The van der Waals surface area contributed by atoms with E-state index in [0.717, 1.165) is 11.4 Å². The van der Waals surface area contributed by atoms with Crippen molar-refractivity contribution in [1.82, 2.24) is 14.8 Å². The minimum atomic E-state index is -0.670. The number of thiazole rings is 1. The van der Waals surface area contributed by atoms with E-state index >= 15 is 0 Å². The van der Waals surface area contributed by atoms with Crippen molar-refractivity contribution in [3.63, 3.8) is 0 Å². The van der Waals surface area contributed by atoms with Gasteiger partial charge in [0.1, 0.15) is 20.7 Å². The van der Waals surface area contributed by atoms with E-state index in [9.17, 15) is 9.59 Å². The minimum Gasteiger partial charge on any atom is -0.334 e. The number of aromatic nitrogens is 1. The molecule has 1 aromatic heterocycles. The summed E-state index contributed by atoms with van der Waals surface area (Å²) in [6.07, 6.45) is 3.13. The Bertz CT molecular complexity index is 704. The van der Waals surface area contributed by atoms with Crippen molar-refractivity contribution in [2.45, 2.75) is 61.8 Å². The number of likely N-dealkylation sites (tertiary alicyclic amines) is 1. The lowest BCUT2D eigenvalue weighted by Gasteiger charge is -2.35. The molecule has 2 heterocycles. The average Bonchev–Trinajstić information content (AvgIpc) is 3.33. The summed E-state index contributed by atoms with van der Waals surface area (Å²) in [5.74, 6) is -0.318. The first-order valence-corrected chi connectivity index (χ1v) is 12.7. The average molecular weight is 517 g/mol. The molecule has 170 valence electrons. The highest BCUT2D eigenvalue weighted by Crippen LogP contribution is 2.37. The van der Waals surface area contributed by atoms with Gasteiger partial charge in [0.15, 0.2) is 0 Å². The van der Waals surface area contributed by atoms with E-state index in [1.54, 1.807) is 24.6 Å². The van der Waals surface area contributed by atoms with E-state index in [4.69, 9.17) is 46.4 Å².